The third kappa shape index (κ3) is 2.77. The van der Waals surface area contributed by atoms with Crippen LogP contribution in [0.15, 0.2) is 30.6 Å². The number of nitro groups is 1. The van der Waals surface area contributed by atoms with Crippen molar-refractivity contribution >= 4 is 23.0 Å². The summed E-state index contributed by atoms with van der Waals surface area (Å²) < 4.78 is 1.62. The fourth-order valence-corrected chi connectivity index (χ4v) is 2.69. The molecule has 1 saturated heterocycles. The van der Waals surface area contributed by atoms with E-state index in [0.29, 0.717) is 18.7 Å². The third-order valence-electron chi connectivity index (χ3n) is 3.86. The normalized spacial score (nSPS) is 16.9. The minimum Gasteiger partial charge on any atom is -0.374 e. The Morgan fingerprint density at radius 3 is 2.92 bits per heavy atom. The Balaban J connectivity index is 1.76. The SMILES string of the molecule is Cn1cc(N2CCC(Nc3ccc([N+](=O)[O-])c(C#N)c3)C2=O)cn1. The van der Waals surface area contributed by atoms with E-state index in [1.807, 2.05) is 0 Å². The van der Waals surface area contributed by atoms with Crippen molar-refractivity contribution in [1.82, 2.24) is 9.78 Å². The van der Waals surface area contributed by atoms with Crippen LogP contribution in [0.4, 0.5) is 17.1 Å². The molecule has 122 valence electrons. The van der Waals surface area contributed by atoms with Crippen LogP contribution in [0.3, 0.4) is 0 Å². The van der Waals surface area contributed by atoms with Gasteiger partial charge in [-0.15, -0.1) is 0 Å². The third-order valence-corrected chi connectivity index (χ3v) is 3.86. The number of rotatable bonds is 4. The summed E-state index contributed by atoms with van der Waals surface area (Å²) in [5, 5.41) is 27.0. The Morgan fingerprint density at radius 2 is 2.29 bits per heavy atom. The van der Waals surface area contributed by atoms with Crippen LogP contribution < -0.4 is 10.2 Å². The quantitative estimate of drug-likeness (QED) is 0.670. The highest BCUT2D eigenvalue weighted by atomic mass is 16.6. The molecule has 2 aromatic rings. The molecule has 1 unspecified atom stereocenters. The minimum absolute atomic E-state index is 0.0421. The summed E-state index contributed by atoms with van der Waals surface area (Å²) in [6.45, 7) is 0.556. The number of hydrogen-bond donors (Lipinski definition) is 1. The number of anilines is 2. The molecule has 0 aliphatic carbocycles. The summed E-state index contributed by atoms with van der Waals surface area (Å²) in [5.41, 5.74) is 0.939. The van der Waals surface area contributed by atoms with Gasteiger partial charge < -0.3 is 10.2 Å². The molecule has 24 heavy (non-hydrogen) atoms. The van der Waals surface area contributed by atoms with Crippen molar-refractivity contribution in [3.63, 3.8) is 0 Å². The van der Waals surface area contributed by atoms with Crippen LogP contribution in [0.2, 0.25) is 0 Å². The average molecular weight is 326 g/mol. The number of aromatic nitrogens is 2. The first-order chi connectivity index (χ1) is 11.5. The number of carbonyl (C=O) groups excluding carboxylic acids is 1. The molecule has 1 fully saturated rings. The van der Waals surface area contributed by atoms with Crippen LogP contribution in [-0.2, 0) is 11.8 Å². The number of nitro benzene ring substituents is 1. The Labute approximate surface area is 137 Å². The number of carbonyl (C=O) groups is 1. The highest BCUT2D eigenvalue weighted by molar-refractivity contribution is 6.00. The largest absolute Gasteiger partial charge is 0.374 e. The van der Waals surface area contributed by atoms with E-state index in [1.165, 1.54) is 18.2 Å². The molecule has 0 radical (unpaired) electrons. The van der Waals surface area contributed by atoms with E-state index < -0.39 is 11.0 Å². The molecular formula is C15H14N6O3. The van der Waals surface area contributed by atoms with Gasteiger partial charge >= 0.3 is 0 Å². The highest BCUT2D eigenvalue weighted by Gasteiger charge is 2.33. The van der Waals surface area contributed by atoms with E-state index >= 15 is 0 Å². The van der Waals surface area contributed by atoms with Crippen molar-refractivity contribution in [2.75, 3.05) is 16.8 Å². The fraction of sp³-hybridized carbons (Fsp3) is 0.267. The van der Waals surface area contributed by atoms with Crippen molar-refractivity contribution in [1.29, 1.82) is 5.26 Å². The first-order valence-electron chi connectivity index (χ1n) is 7.24. The van der Waals surface area contributed by atoms with Crippen molar-refractivity contribution < 1.29 is 9.72 Å². The molecule has 1 aliphatic heterocycles. The van der Waals surface area contributed by atoms with Gasteiger partial charge in [0.1, 0.15) is 17.7 Å². The average Bonchev–Trinajstić information content (AvgIpc) is 3.13. The summed E-state index contributed by atoms with van der Waals surface area (Å²) in [4.78, 5) is 24.4. The zero-order valence-corrected chi connectivity index (χ0v) is 12.8. The lowest BCUT2D eigenvalue weighted by molar-refractivity contribution is -0.385. The molecule has 0 spiro atoms. The maximum absolute atomic E-state index is 12.5. The Hall–Kier alpha value is -3.41. The molecule has 1 atom stereocenters. The van der Waals surface area contributed by atoms with E-state index in [4.69, 9.17) is 5.26 Å². The van der Waals surface area contributed by atoms with Crippen LogP contribution in [0.5, 0.6) is 0 Å². The number of amides is 1. The molecule has 9 heteroatoms. The van der Waals surface area contributed by atoms with E-state index in [2.05, 4.69) is 10.4 Å². The fourth-order valence-electron chi connectivity index (χ4n) is 2.69. The molecule has 1 N–H and O–H groups in total. The Bertz CT molecular complexity index is 853. The smallest absolute Gasteiger partial charge is 0.287 e. The van der Waals surface area contributed by atoms with Gasteiger partial charge in [-0.2, -0.15) is 10.4 Å². The molecule has 3 rings (SSSR count). The molecule has 1 aliphatic rings. The lowest BCUT2D eigenvalue weighted by Crippen LogP contribution is -2.33. The second-order valence-electron chi connectivity index (χ2n) is 5.45. The second-order valence-corrected chi connectivity index (χ2v) is 5.45. The van der Waals surface area contributed by atoms with Crippen molar-refractivity contribution in [3.05, 3.63) is 46.3 Å². The zero-order valence-electron chi connectivity index (χ0n) is 12.8. The predicted octanol–water partition coefficient (Wildman–Crippen LogP) is 1.42. The molecule has 1 aromatic carbocycles. The van der Waals surface area contributed by atoms with Gasteiger partial charge in [-0.1, -0.05) is 0 Å². The van der Waals surface area contributed by atoms with Crippen molar-refractivity contribution in [2.45, 2.75) is 12.5 Å². The lowest BCUT2D eigenvalue weighted by Gasteiger charge is -2.16. The standard InChI is InChI=1S/C15H14N6O3/c1-19-9-12(8-17-19)20-5-4-13(15(20)22)18-11-2-3-14(21(23)24)10(6-11)7-16/h2-3,6,8-9,13,18H,4-5H2,1H3. The molecule has 0 bridgehead atoms. The zero-order chi connectivity index (χ0) is 17.3. The number of nitrogens with one attached hydrogen (secondary N) is 1. The number of nitrogens with zero attached hydrogens (tertiary/aromatic N) is 5. The van der Waals surface area contributed by atoms with Gasteiger partial charge in [0.15, 0.2) is 0 Å². The maximum atomic E-state index is 12.5. The topological polar surface area (TPSA) is 117 Å². The Morgan fingerprint density at radius 1 is 1.50 bits per heavy atom. The van der Waals surface area contributed by atoms with Crippen LogP contribution >= 0.6 is 0 Å². The molecule has 1 aromatic heterocycles. The van der Waals surface area contributed by atoms with Crippen molar-refractivity contribution in [3.8, 4) is 6.07 Å². The Kier molecular flexibility index (Phi) is 3.87. The predicted molar refractivity (Wildman–Crippen MR) is 85.4 cm³/mol. The van der Waals surface area contributed by atoms with Crippen LogP contribution in [-0.4, -0.2) is 33.2 Å². The van der Waals surface area contributed by atoms with E-state index in [0.717, 1.165) is 5.69 Å². The summed E-state index contributed by atoms with van der Waals surface area (Å²) in [6, 6.07) is 5.51. The van der Waals surface area contributed by atoms with Crippen LogP contribution in [0, 0.1) is 21.4 Å². The maximum Gasteiger partial charge on any atom is 0.287 e. The van der Waals surface area contributed by atoms with Crippen LogP contribution in [0.25, 0.3) is 0 Å². The summed E-state index contributed by atoms with van der Waals surface area (Å²) in [6.07, 6.45) is 3.98. The molecule has 0 saturated carbocycles. The van der Waals surface area contributed by atoms with Gasteiger partial charge in [0.05, 0.1) is 16.8 Å². The monoisotopic (exact) mass is 326 g/mol. The summed E-state index contributed by atoms with van der Waals surface area (Å²) in [7, 11) is 1.78. The molecule has 2 heterocycles. The molecule has 9 nitrogen and oxygen atoms in total. The molecule has 1 amide bonds. The van der Waals surface area contributed by atoms with Gasteiger partial charge in [-0.05, 0) is 18.6 Å². The van der Waals surface area contributed by atoms with Gasteiger partial charge in [0.2, 0.25) is 5.91 Å². The van der Waals surface area contributed by atoms with Crippen molar-refractivity contribution in [2.24, 2.45) is 7.05 Å². The first-order valence-corrected chi connectivity index (χ1v) is 7.24. The first kappa shape index (κ1) is 15.5. The lowest BCUT2D eigenvalue weighted by atomic mass is 10.1. The van der Waals surface area contributed by atoms with Crippen LogP contribution in [0.1, 0.15) is 12.0 Å². The number of aryl methyl sites for hydroxylation is 1. The summed E-state index contributed by atoms with van der Waals surface area (Å²) >= 11 is 0. The number of nitriles is 1. The van der Waals surface area contributed by atoms with Gasteiger partial charge in [-0.25, -0.2) is 0 Å². The highest BCUT2D eigenvalue weighted by Crippen LogP contribution is 2.26. The van der Waals surface area contributed by atoms with Gasteiger partial charge in [0, 0.05) is 31.5 Å². The van der Waals surface area contributed by atoms with Gasteiger partial charge in [0.25, 0.3) is 5.69 Å². The van der Waals surface area contributed by atoms with E-state index in [9.17, 15) is 14.9 Å². The molecular weight excluding hydrogens is 312 g/mol. The van der Waals surface area contributed by atoms with Gasteiger partial charge in [-0.3, -0.25) is 19.6 Å². The minimum atomic E-state index is -0.604. The number of hydrogen-bond acceptors (Lipinski definition) is 6. The summed E-state index contributed by atoms with van der Waals surface area (Å²) in [5.74, 6) is -0.0974. The van der Waals surface area contributed by atoms with E-state index in [-0.39, 0.29) is 17.2 Å². The van der Waals surface area contributed by atoms with E-state index in [1.54, 1.807) is 35.1 Å². The second kappa shape index (κ2) is 6.00. The number of benzene rings is 1.